The number of carbonyl (C=O) groups excluding carboxylic acids is 2. The molecule has 7 heteroatoms. The highest BCUT2D eigenvalue weighted by Crippen LogP contribution is 2.34. The number of ether oxygens (including phenoxy) is 3. The molecule has 2 amide bonds. The minimum Gasteiger partial charge on any atom is -0.486 e. The van der Waals surface area contributed by atoms with Crippen LogP contribution in [0.1, 0.15) is 10.4 Å². The second-order valence-corrected chi connectivity index (χ2v) is 5.33. The van der Waals surface area contributed by atoms with Crippen LogP contribution >= 0.6 is 0 Å². The maximum Gasteiger partial charge on any atom is 0.262 e. The van der Waals surface area contributed by atoms with Gasteiger partial charge in [0.1, 0.15) is 13.2 Å². The van der Waals surface area contributed by atoms with Crippen molar-refractivity contribution in [2.45, 2.75) is 0 Å². The zero-order chi connectivity index (χ0) is 16.5. The number of benzene rings is 2. The van der Waals surface area contributed by atoms with Crippen molar-refractivity contribution in [3.05, 3.63) is 42.0 Å². The van der Waals surface area contributed by atoms with Crippen molar-refractivity contribution in [1.82, 2.24) is 0 Å². The van der Waals surface area contributed by atoms with Gasteiger partial charge in [0.2, 0.25) is 0 Å². The van der Waals surface area contributed by atoms with Crippen molar-refractivity contribution in [2.75, 3.05) is 30.5 Å². The Labute approximate surface area is 137 Å². The van der Waals surface area contributed by atoms with Crippen molar-refractivity contribution in [1.29, 1.82) is 0 Å². The normalized spacial score (nSPS) is 14.9. The molecule has 2 aliphatic heterocycles. The Balaban J connectivity index is 1.59. The summed E-state index contributed by atoms with van der Waals surface area (Å²) < 4.78 is 16.4. The number of hydrogen-bond donors (Lipinski definition) is 2. The fraction of sp³-hybridized carbons (Fsp3) is 0.176. The summed E-state index contributed by atoms with van der Waals surface area (Å²) in [5.41, 5.74) is 1.42. The lowest BCUT2D eigenvalue weighted by atomic mass is 10.1. The molecule has 2 aliphatic rings. The standard InChI is InChI=1S/C17H14N2O5/c20-15-9-24-16-11(2-1-3-12(16)19-15)17(21)18-10-4-5-13-14(8-10)23-7-6-22-13/h1-5,8H,6-7,9H2,(H,18,21)(H,19,20). The first-order chi connectivity index (χ1) is 11.7. The number of hydrogen-bond acceptors (Lipinski definition) is 5. The molecule has 0 unspecified atom stereocenters. The molecule has 0 saturated carbocycles. The van der Waals surface area contributed by atoms with Gasteiger partial charge >= 0.3 is 0 Å². The number of rotatable bonds is 2. The molecule has 0 aliphatic carbocycles. The number of fused-ring (bicyclic) bond motifs is 2. The van der Waals surface area contributed by atoms with E-state index in [0.29, 0.717) is 47.4 Å². The summed E-state index contributed by atoms with van der Waals surface area (Å²) in [6.45, 7) is 0.878. The summed E-state index contributed by atoms with van der Waals surface area (Å²) >= 11 is 0. The molecule has 0 radical (unpaired) electrons. The molecular formula is C17H14N2O5. The Hall–Kier alpha value is -3.22. The van der Waals surface area contributed by atoms with Gasteiger partial charge in [-0.1, -0.05) is 6.07 Å². The number of nitrogens with one attached hydrogen (secondary N) is 2. The van der Waals surface area contributed by atoms with Crippen LogP contribution in [-0.2, 0) is 4.79 Å². The quantitative estimate of drug-likeness (QED) is 0.882. The molecule has 0 bridgehead atoms. The van der Waals surface area contributed by atoms with Crippen LogP contribution in [0.5, 0.6) is 17.2 Å². The zero-order valence-electron chi connectivity index (χ0n) is 12.6. The summed E-state index contributed by atoms with van der Waals surface area (Å²) in [5.74, 6) is 1.04. The number of anilines is 2. The third-order valence-corrected chi connectivity index (χ3v) is 3.68. The van der Waals surface area contributed by atoms with Crippen LogP contribution in [-0.4, -0.2) is 31.6 Å². The SMILES string of the molecule is O=C1COc2c(cccc2C(=O)Nc2ccc3c(c2)OCCO3)N1. The molecular weight excluding hydrogens is 312 g/mol. The molecule has 7 nitrogen and oxygen atoms in total. The molecule has 24 heavy (non-hydrogen) atoms. The average Bonchev–Trinajstić information content (AvgIpc) is 2.60. The van der Waals surface area contributed by atoms with Gasteiger partial charge in [-0.05, 0) is 24.3 Å². The molecule has 2 heterocycles. The van der Waals surface area contributed by atoms with Crippen molar-refractivity contribution >= 4 is 23.2 Å². The number of para-hydroxylation sites is 1. The summed E-state index contributed by atoms with van der Waals surface area (Å²) in [7, 11) is 0. The lowest BCUT2D eigenvalue weighted by Crippen LogP contribution is -2.27. The van der Waals surface area contributed by atoms with E-state index in [1.165, 1.54) is 0 Å². The van der Waals surface area contributed by atoms with Gasteiger partial charge in [0.05, 0.1) is 11.3 Å². The zero-order valence-corrected chi connectivity index (χ0v) is 12.6. The highest BCUT2D eigenvalue weighted by molar-refractivity contribution is 6.09. The lowest BCUT2D eigenvalue weighted by molar-refractivity contribution is -0.118. The van der Waals surface area contributed by atoms with Crippen LogP contribution in [0.25, 0.3) is 0 Å². The van der Waals surface area contributed by atoms with E-state index in [1.54, 1.807) is 36.4 Å². The van der Waals surface area contributed by atoms with Gasteiger partial charge < -0.3 is 24.8 Å². The van der Waals surface area contributed by atoms with E-state index in [9.17, 15) is 9.59 Å². The first-order valence-electron chi connectivity index (χ1n) is 7.47. The van der Waals surface area contributed by atoms with Crippen molar-refractivity contribution in [2.24, 2.45) is 0 Å². The lowest BCUT2D eigenvalue weighted by Gasteiger charge is -2.21. The smallest absolute Gasteiger partial charge is 0.262 e. The fourth-order valence-electron chi connectivity index (χ4n) is 2.61. The Morgan fingerprint density at radius 2 is 1.88 bits per heavy atom. The third kappa shape index (κ3) is 2.60. The van der Waals surface area contributed by atoms with Crippen LogP contribution in [0.2, 0.25) is 0 Å². The Morgan fingerprint density at radius 1 is 1.04 bits per heavy atom. The van der Waals surface area contributed by atoms with Gasteiger partial charge in [-0.15, -0.1) is 0 Å². The molecule has 0 atom stereocenters. The minimum absolute atomic E-state index is 0.110. The Bertz CT molecular complexity index is 834. The second kappa shape index (κ2) is 5.77. The molecule has 4 rings (SSSR count). The average molecular weight is 326 g/mol. The van der Waals surface area contributed by atoms with E-state index < -0.39 is 0 Å². The molecule has 122 valence electrons. The third-order valence-electron chi connectivity index (χ3n) is 3.68. The van der Waals surface area contributed by atoms with Crippen molar-refractivity contribution < 1.29 is 23.8 Å². The summed E-state index contributed by atoms with van der Waals surface area (Å²) in [6, 6.07) is 10.2. The molecule has 0 aromatic heterocycles. The maximum absolute atomic E-state index is 12.6. The molecule has 0 saturated heterocycles. The molecule has 2 N–H and O–H groups in total. The van der Waals surface area contributed by atoms with E-state index in [4.69, 9.17) is 14.2 Å². The van der Waals surface area contributed by atoms with Crippen LogP contribution in [0.15, 0.2) is 36.4 Å². The predicted molar refractivity (Wildman–Crippen MR) is 86.0 cm³/mol. The Kier molecular flexibility index (Phi) is 3.45. The molecule has 2 aromatic rings. The van der Waals surface area contributed by atoms with Gasteiger partial charge in [-0.25, -0.2) is 0 Å². The van der Waals surface area contributed by atoms with Crippen LogP contribution in [0, 0.1) is 0 Å². The molecule has 2 aromatic carbocycles. The topological polar surface area (TPSA) is 85.9 Å². The van der Waals surface area contributed by atoms with Gasteiger partial charge in [0, 0.05) is 11.8 Å². The van der Waals surface area contributed by atoms with Gasteiger partial charge in [-0.2, -0.15) is 0 Å². The summed E-state index contributed by atoms with van der Waals surface area (Å²) in [6.07, 6.45) is 0. The van der Waals surface area contributed by atoms with Crippen molar-refractivity contribution in [3.8, 4) is 17.2 Å². The Morgan fingerprint density at radius 3 is 2.75 bits per heavy atom. The predicted octanol–water partition coefficient (Wildman–Crippen LogP) is 2.04. The highest BCUT2D eigenvalue weighted by Gasteiger charge is 2.23. The number of carbonyl (C=O) groups is 2. The van der Waals surface area contributed by atoms with E-state index in [0.717, 1.165) is 0 Å². The summed E-state index contributed by atoms with van der Waals surface area (Å²) in [5, 5.41) is 5.48. The maximum atomic E-state index is 12.6. The first-order valence-corrected chi connectivity index (χ1v) is 7.47. The summed E-state index contributed by atoms with van der Waals surface area (Å²) in [4.78, 5) is 23.9. The van der Waals surface area contributed by atoms with Gasteiger partial charge in [0.25, 0.3) is 11.8 Å². The van der Waals surface area contributed by atoms with E-state index in [2.05, 4.69) is 10.6 Å². The minimum atomic E-state index is -0.334. The van der Waals surface area contributed by atoms with E-state index >= 15 is 0 Å². The van der Waals surface area contributed by atoms with E-state index in [-0.39, 0.29) is 18.4 Å². The fourth-order valence-corrected chi connectivity index (χ4v) is 2.61. The molecule has 0 fully saturated rings. The molecule has 0 spiro atoms. The van der Waals surface area contributed by atoms with Crippen molar-refractivity contribution in [3.63, 3.8) is 0 Å². The van der Waals surface area contributed by atoms with Gasteiger partial charge in [-0.3, -0.25) is 9.59 Å². The van der Waals surface area contributed by atoms with Crippen LogP contribution in [0.3, 0.4) is 0 Å². The number of amides is 2. The van der Waals surface area contributed by atoms with Gasteiger partial charge in [0.15, 0.2) is 23.9 Å². The largest absolute Gasteiger partial charge is 0.486 e. The van der Waals surface area contributed by atoms with Crippen LogP contribution < -0.4 is 24.8 Å². The second-order valence-electron chi connectivity index (χ2n) is 5.33. The monoisotopic (exact) mass is 326 g/mol. The van der Waals surface area contributed by atoms with Crippen LogP contribution in [0.4, 0.5) is 11.4 Å². The highest BCUT2D eigenvalue weighted by atomic mass is 16.6. The van der Waals surface area contributed by atoms with E-state index in [1.807, 2.05) is 0 Å². The first kappa shape index (κ1) is 14.4.